The summed E-state index contributed by atoms with van der Waals surface area (Å²) in [6, 6.07) is 12.8. The average Bonchev–Trinajstić information content (AvgIpc) is 3.17. The van der Waals surface area contributed by atoms with Gasteiger partial charge in [0, 0.05) is 30.3 Å². The summed E-state index contributed by atoms with van der Waals surface area (Å²) in [5.41, 5.74) is 9.62. The maximum absolute atomic E-state index is 13.4. The van der Waals surface area contributed by atoms with Crippen molar-refractivity contribution in [1.82, 2.24) is 14.9 Å². The number of nitrogens with two attached hydrogens (primary N) is 1. The van der Waals surface area contributed by atoms with Gasteiger partial charge >= 0.3 is 6.36 Å². The number of fused-ring (bicyclic) bond motifs is 2. The number of nitrogens with zero attached hydrogens (tertiary/aromatic N) is 3. The molecular weight excluding hydrogens is 465 g/mol. The maximum atomic E-state index is 13.4. The molecule has 0 saturated heterocycles. The van der Waals surface area contributed by atoms with Crippen molar-refractivity contribution in [3.63, 3.8) is 0 Å². The molecule has 1 atom stereocenters. The average molecular weight is 485 g/mol. The molecule has 1 aliphatic rings. The molecule has 0 spiro atoms. The quantitative estimate of drug-likeness (QED) is 0.408. The van der Waals surface area contributed by atoms with Crippen molar-refractivity contribution >= 4 is 32.6 Å². The minimum Gasteiger partial charge on any atom is -0.405 e. The van der Waals surface area contributed by atoms with Crippen LogP contribution in [0.3, 0.4) is 0 Å². The fourth-order valence-electron chi connectivity index (χ4n) is 4.22. The molecule has 4 aromatic rings. The highest BCUT2D eigenvalue weighted by Gasteiger charge is 2.35. The molecule has 10 heteroatoms. The number of nitrogen functional groups attached to an aromatic ring is 1. The summed E-state index contributed by atoms with van der Waals surface area (Å²) >= 11 is 1.38. The van der Waals surface area contributed by atoms with Crippen molar-refractivity contribution in [2.75, 3.05) is 12.3 Å². The second-order valence-electron chi connectivity index (χ2n) is 7.96. The van der Waals surface area contributed by atoms with E-state index in [9.17, 15) is 18.0 Å². The van der Waals surface area contributed by atoms with Crippen LogP contribution in [-0.4, -0.2) is 33.7 Å². The number of pyridine rings is 1. The van der Waals surface area contributed by atoms with E-state index < -0.39 is 12.4 Å². The Kier molecular flexibility index (Phi) is 5.40. The number of carbonyl (C=O) groups excluding carboxylic acids is 1. The number of para-hydroxylation sites is 1. The van der Waals surface area contributed by atoms with Crippen LogP contribution in [0, 0.1) is 0 Å². The lowest BCUT2D eigenvalue weighted by molar-refractivity contribution is -0.275. The Labute approximate surface area is 196 Å². The topological polar surface area (TPSA) is 81.3 Å². The maximum Gasteiger partial charge on any atom is 0.573 e. The van der Waals surface area contributed by atoms with Crippen LogP contribution in [0.4, 0.5) is 18.3 Å². The van der Waals surface area contributed by atoms with Crippen LogP contribution in [0.15, 0.2) is 54.7 Å². The predicted molar refractivity (Wildman–Crippen MR) is 124 cm³/mol. The van der Waals surface area contributed by atoms with Gasteiger partial charge in [0.05, 0.1) is 27.5 Å². The first-order valence-electron chi connectivity index (χ1n) is 10.5. The minimum absolute atomic E-state index is 0.284. The Hall–Kier alpha value is -3.66. The van der Waals surface area contributed by atoms with Crippen molar-refractivity contribution in [2.24, 2.45) is 0 Å². The Morgan fingerprint density at radius 3 is 2.74 bits per heavy atom. The number of hydrogen-bond donors (Lipinski definition) is 1. The lowest BCUT2D eigenvalue weighted by atomic mass is 9.97. The summed E-state index contributed by atoms with van der Waals surface area (Å²) in [7, 11) is 0. The summed E-state index contributed by atoms with van der Waals surface area (Å²) in [5.74, 6) is -0.599. The van der Waals surface area contributed by atoms with Gasteiger partial charge in [0.25, 0.3) is 5.91 Å². The molecule has 3 heterocycles. The van der Waals surface area contributed by atoms with Crippen molar-refractivity contribution < 1.29 is 22.7 Å². The number of amides is 1. The molecule has 174 valence electrons. The fourth-order valence-corrected chi connectivity index (χ4v) is 4.99. The summed E-state index contributed by atoms with van der Waals surface area (Å²) in [6.45, 7) is 2.03. The summed E-state index contributed by atoms with van der Waals surface area (Å²) in [4.78, 5) is 23.7. The standard InChI is InChI=1S/C24H19F3N4O2S/c1-13(16-4-2-3-5-20(16)33-24(25,26)27)31-9-8-18-17(22(31)32)10-15(12-29-18)14-6-7-19-21(11-14)34-23(28)30-19/h2-7,10-13H,8-9H2,1H3,(H2,28,30). The number of carbonyl (C=O) groups is 1. The number of hydrogen-bond acceptors (Lipinski definition) is 6. The van der Waals surface area contributed by atoms with Crippen LogP contribution < -0.4 is 10.5 Å². The summed E-state index contributed by atoms with van der Waals surface area (Å²) < 4.78 is 43.8. The van der Waals surface area contributed by atoms with Crippen LogP contribution in [-0.2, 0) is 6.42 Å². The van der Waals surface area contributed by atoms with Gasteiger partial charge in [-0.25, -0.2) is 4.98 Å². The normalized spacial score (nSPS) is 14.8. The van der Waals surface area contributed by atoms with Crippen molar-refractivity contribution in [1.29, 1.82) is 0 Å². The molecule has 6 nitrogen and oxygen atoms in total. The smallest absolute Gasteiger partial charge is 0.405 e. The molecule has 0 saturated carbocycles. The SMILES string of the molecule is CC(c1ccccc1OC(F)(F)F)N1CCc2ncc(-c3ccc4nc(N)sc4c3)cc2C1=O. The molecule has 1 unspecified atom stereocenters. The number of benzene rings is 2. The van der Waals surface area contributed by atoms with E-state index in [0.29, 0.717) is 29.4 Å². The van der Waals surface area contributed by atoms with Gasteiger partial charge < -0.3 is 15.4 Å². The van der Waals surface area contributed by atoms with Gasteiger partial charge in [-0.2, -0.15) is 0 Å². The Bertz CT molecular complexity index is 1400. The summed E-state index contributed by atoms with van der Waals surface area (Å²) in [5, 5.41) is 0.477. The monoisotopic (exact) mass is 484 g/mol. The first-order chi connectivity index (χ1) is 16.2. The fraction of sp³-hybridized carbons (Fsp3) is 0.208. The number of rotatable bonds is 4. The Balaban J connectivity index is 1.47. The number of halogens is 3. The van der Waals surface area contributed by atoms with Gasteiger partial charge in [-0.3, -0.25) is 9.78 Å². The van der Waals surface area contributed by atoms with Crippen LogP contribution in [0.25, 0.3) is 21.3 Å². The summed E-state index contributed by atoms with van der Waals surface area (Å²) in [6.07, 6.45) is -2.60. The number of anilines is 1. The molecule has 2 aromatic heterocycles. The first kappa shape index (κ1) is 22.1. The van der Waals surface area contributed by atoms with Crippen LogP contribution in [0.1, 0.15) is 34.6 Å². The minimum atomic E-state index is -4.82. The predicted octanol–water partition coefficient (Wildman–Crippen LogP) is 5.60. The molecular formula is C24H19F3N4O2S. The number of ether oxygens (including phenoxy) is 1. The molecule has 1 aliphatic heterocycles. The third kappa shape index (κ3) is 4.16. The van der Waals surface area contributed by atoms with Crippen LogP contribution in [0.2, 0.25) is 0 Å². The Morgan fingerprint density at radius 1 is 1.15 bits per heavy atom. The molecule has 0 bridgehead atoms. The largest absolute Gasteiger partial charge is 0.573 e. The molecule has 5 rings (SSSR count). The van der Waals surface area contributed by atoms with Gasteiger partial charge in [-0.1, -0.05) is 35.6 Å². The third-order valence-corrected chi connectivity index (χ3v) is 6.70. The molecule has 1 amide bonds. The van der Waals surface area contributed by atoms with Crippen LogP contribution >= 0.6 is 11.3 Å². The molecule has 2 aromatic carbocycles. The van der Waals surface area contributed by atoms with E-state index in [1.54, 1.807) is 36.2 Å². The van der Waals surface area contributed by atoms with E-state index in [-0.39, 0.29) is 17.2 Å². The lowest BCUT2D eigenvalue weighted by Crippen LogP contribution is -2.40. The number of aromatic nitrogens is 2. The third-order valence-electron chi connectivity index (χ3n) is 5.85. The zero-order valence-corrected chi connectivity index (χ0v) is 18.8. The molecule has 0 fully saturated rings. The lowest BCUT2D eigenvalue weighted by Gasteiger charge is -2.34. The number of alkyl halides is 3. The zero-order chi connectivity index (χ0) is 24.0. The van der Waals surface area contributed by atoms with Gasteiger partial charge in [-0.15, -0.1) is 13.2 Å². The highest BCUT2D eigenvalue weighted by molar-refractivity contribution is 7.22. The van der Waals surface area contributed by atoms with Gasteiger partial charge in [0.15, 0.2) is 5.13 Å². The molecule has 34 heavy (non-hydrogen) atoms. The van der Waals surface area contributed by atoms with Crippen LogP contribution in [0.5, 0.6) is 5.75 Å². The van der Waals surface area contributed by atoms with Crippen molar-refractivity contribution in [2.45, 2.75) is 25.7 Å². The molecule has 0 radical (unpaired) electrons. The van der Waals surface area contributed by atoms with Gasteiger partial charge in [0.1, 0.15) is 5.75 Å². The second-order valence-corrected chi connectivity index (χ2v) is 9.03. The molecule has 2 N–H and O–H groups in total. The van der Waals surface area contributed by atoms with E-state index in [1.807, 2.05) is 18.2 Å². The Morgan fingerprint density at radius 2 is 1.94 bits per heavy atom. The van der Waals surface area contributed by atoms with Gasteiger partial charge in [-0.05, 0) is 36.8 Å². The number of thiazole rings is 1. The first-order valence-corrected chi connectivity index (χ1v) is 11.3. The van der Waals surface area contributed by atoms with Crippen molar-refractivity contribution in [3.8, 4) is 16.9 Å². The van der Waals surface area contributed by atoms with E-state index >= 15 is 0 Å². The molecule has 0 aliphatic carbocycles. The van der Waals surface area contributed by atoms with Crippen molar-refractivity contribution in [3.05, 3.63) is 71.5 Å². The van der Waals surface area contributed by atoms with E-state index in [0.717, 1.165) is 21.3 Å². The second kappa shape index (κ2) is 8.28. The van der Waals surface area contributed by atoms with E-state index in [1.165, 1.54) is 23.5 Å². The highest BCUT2D eigenvalue weighted by atomic mass is 32.1. The zero-order valence-electron chi connectivity index (χ0n) is 18.0. The van der Waals surface area contributed by atoms with Gasteiger partial charge in [0.2, 0.25) is 0 Å². The van der Waals surface area contributed by atoms with E-state index in [4.69, 9.17) is 5.73 Å². The van der Waals surface area contributed by atoms with E-state index in [2.05, 4.69) is 14.7 Å². The highest BCUT2D eigenvalue weighted by Crippen LogP contribution is 2.36.